The summed E-state index contributed by atoms with van der Waals surface area (Å²) >= 11 is 13.4. The van der Waals surface area contributed by atoms with Gasteiger partial charge in [-0.1, -0.05) is 38.1 Å². The van der Waals surface area contributed by atoms with Crippen LogP contribution in [0.5, 0.6) is 0 Å². The highest BCUT2D eigenvalue weighted by molar-refractivity contribution is 8.07. The predicted molar refractivity (Wildman–Crippen MR) is 270 cm³/mol. The van der Waals surface area contributed by atoms with Crippen LogP contribution in [0, 0.1) is 0 Å². The second kappa shape index (κ2) is 19.2. The Kier molecular flexibility index (Phi) is 13.8. The number of thioether (sulfide) groups is 2. The molecule has 0 saturated carbocycles. The molecule has 29 heteroatoms. The quantitative estimate of drug-likeness (QED) is 0.0563. The minimum Gasteiger partial charge on any atom is -0.386 e. The van der Waals surface area contributed by atoms with Crippen molar-refractivity contribution in [2.24, 2.45) is 0 Å². The maximum atomic E-state index is 13.0. The number of anilines is 2. The summed E-state index contributed by atoms with van der Waals surface area (Å²) in [5, 5.41) is 22.8. The summed E-state index contributed by atoms with van der Waals surface area (Å²) in [6.07, 6.45) is -6.81. The van der Waals surface area contributed by atoms with Gasteiger partial charge < -0.3 is 54.7 Å². The van der Waals surface area contributed by atoms with Crippen molar-refractivity contribution in [1.29, 1.82) is 0 Å². The number of benzene rings is 2. The van der Waals surface area contributed by atoms with Crippen LogP contribution < -0.4 is 22.6 Å². The van der Waals surface area contributed by atoms with Crippen LogP contribution in [0.2, 0.25) is 0 Å². The zero-order chi connectivity index (χ0) is 50.4. The largest absolute Gasteiger partial charge is 0.386 e. The number of aliphatic hydroxyl groups excluding tert-OH is 2. The molecule has 4 aliphatic heterocycles. The minimum atomic E-state index is -3.57. The van der Waals surface area contributed by atoms with Crippen LogP contribution >= 0.6 is 37.0 Å². The highest BCUT2D eigenvalue weighted by Gasteiger charge is 2.53. The van der Waals surface area contributed by atoms with Gasteiger partial charge in [0.15, 0.2) is 34.8 Å². The van der Waals surface area contributed by atoms with Crippen molar-refractivity contribution in [1.82, 2.24) is 39.0 Å². The number of ether oxygens (including phenoxy) is 3. The van der Waals surface area contributed by atoms with Crippen LogP contribution in [0.4, 0.5) is 11.9 Å². The van der Waals surface area contributed by atoms with E-state index >= 15 is 0 Å². The lowest BCUT2D eigenvalue weighted by atomic mass is 10.1. The van der Waals surface area contributed by atoms with Crippen LogP contribution in [-0.2, 0) is 55.9 Å². The molecule has 2 aromatic carbocycles. The third kappa shape index (κ3) is 10.4. The number of nitrogens with zero attached hydrogens (tertiary/aromatic N) is 6. The number of nitrogen functional groups attached to an aromatic ring is 2. The number of hydrogen-bond acceptors (Lipinski definition) is 21. The molecular formula is C42H50N10O13P2S4. The van der Waals surface area contributed by atoms with E-state index in [1.54, 1.807) is 23.5 Å². The first kappa shape index (κ1) is 50.8. The number of aromatic nitrogens is 8. The molecule has 71 heavy (non-hydrogen) atoms. The molecule has 380 valence electrons. The molecule has 6 aromatic rings. The SMILES string of the molecule is CC(C)(CCSc1ccc(-c2nc3c(=O)[nH]c(N)nc3n2[C@@H]2OC3COP(O)(=S)O[C@H]3[C@@H]2O)cc1)OCCC(C)(C)Sc1ccc(-c2nc3c(=O)[nH]c(N)nc3n2[C@@H]2OC3COP(O)(=S)O[C@@H]3C2O)cc1. The first-order valence-electron chi connectivity index (χ1n) is 22.2. The van der Waals surface area contributed by atoms with Gasteiger partial charge in [-0.25, -0.2) is 9.97 Å². The first-order valence-corrected chi connectivity index (χ1v) is 29.2. The Balaban J connectivity index is 0.756. The summed E-state index contributed by atoms with van der Waals surface area (Å²) in [6.45, 7) is 1.65. The third-order valence-corrected chi connectivity index (χ3v) is 17.8. The van der Waals surface area contributed by atoms with E-state index < -0.39 is 79.2 Å². The summed E-state index contributed by atoms with van der Waals surface area (Å²) in [7, 11) is 0. The van der Waals surface area contributed by atoms with Crippen molar-refractivity contribution < 1.29 is 52.3 Å². The van der Waals surface area contributed by atoms with Crippen LogP contribution in [0.15, 0.2) is 67.9 Å². The molecule has 0 radical (unpaired) electrons. The second-order valence-corrected chi connectivity index (χ2v) is 27.0. The van der Waals surface area contributed by atoms with Gasteiger partial charge in [-0.3, -0.25) is 37.7 Å². The van der Waals surface area contributed by atoms with Gasteiger partial charge in [-0.05, 0) is 74.6 Å². The number of H-pyrrole nitrogens is 2. The standard InChI is InChI=1S/C42H50N10O13P2S4/c1-41(2,14-16-70-21-9-5-19(6-10-21)31-45-25-33(47-39(43)49-35(25)55)51(31)37-27(53)29-23(62-37)17-60-66(57,68)64-29)59-15-13-42(3,4)71-22-11-7-20(8-12-22)32-46-26-34(48-40(44)50-36(26)56)52(32)38-28(54)30-24(63-38)18-61-67(58,69)65-30/h5-12,23-24,27-30,37-38,53-54H,13-18H2,1-4H3,(H,57,68)(H,58,69)(H3,43,47,49,55)(H3,44,48,50,56)/t23?,24?,27-,28?,29+,30-,37+,38+,66?,67?/m0/s1. The number of hydrogen-bond donors (Lipinski definition) is 8. The lowest BCUT2D eigenvalue weighted by Crippen LogP contribution is -2.39. The lowest BCUT2D eigenvalue weighted by molar-refractivity contribution is -0.0588. The van der Waals surface area contributed by atoms with Crippen molar-refractivity contribution in [3.8, 4) is 22.8 Å². The van der Waals surface area contributed by atoms with Crippen molar-refractivity contribution in [2.45, 2.75) is 110 Å². The molecule has 0 amide bonds. The second-order valence-electron chi connectivity index (χ2n) is 18.5. The van der Waals surface area contributed by atoms with Crippen LogP contribution in [0.1, 0.15) is 53.0 Å². The Bertz CT molecular complexity index is 3230. The van der Waals surface area contributed by atoms with Crippen molar-refractivity contribution >= 4 is 94.8 Å². The van der Waals surface area contributed by atoms with Crippen molar-refractivity contribution in [3.05, 3.63) is 69.2 Å². The van der Waals surface area contributed by atoms with Gasteiger partial charge in [-0.2, -0.15) is 9.97 Å². The fourth-order valence-electron chi connectivity index (χ4n) is 8.79. The smallest absolute Gasteiger partial charge is 0.325 e. The van der Waals surface area contributed by atoms with E-state index in [0.717, 1.165) is 28.4 Å². The Labute approximate surface area is 422 Å². The molecule has 10 rings (SSSR count). The Morgan fingerprint density at radius 1 is 0.732 bits per heavy atom. The first-order chi connectivity index (χ1) is 33.5. The van der Waals surface area contributed by atoms with Crippen molar-refractivity contribution in [2.75, 3.05) is 37.0 Å². The maximum absolute atomic E-state index is 13.0. The highest BCUT2D eigenvalue weighted by atomic mass is 32.5. The van der Waals surface area contributed by atoms with Crippen LogP contribution in [-0.4, -0.2) is 132 Å². The topological polar surface area (TPSA) is 325 Å². The van der Waals surface area contributed by atoms with Gasteiger partial charge in [0.1, 0.15) is 48.3 Å². The van der Waals surface area contributed by atoms with Gasteiger partial charge >= 0.3 is 13.4 Å². The average Bonchev–Trinajstić information content (AvgIpc) is 4.03. The predicted octanol–water partition coefficient (Wildman–Crippen LogP) is 4.07. The number of aliphatic hydroxyl groups is 2. The van der Waals surface area contributed by atoms with E-state index in [1.165, 1.54) is 9.13 Å². The van der Waals surface area contributed by atoms with E-state index in [-0.39, 0.29) is 52.2 Å². The Morgan fingerprint density at radius 2 is 1.18 bits per heavy atom. The molecule has 23 nitrogen and oxygen atoms in total. The third-order valence-electron chi connectivity index (χ3n) is 12.4. The molecule has 4 saturated heterocycles. The highest BCUT2D eigenvalue weighted by Crippen LogP contribution is 2.55. The Hall–Kier alpha value is -3.70. The van der Waals surface area contributed by atoms with Gasteiger partial charge in [0, 0.05) is 38.0 Å². The molecule has 0 aliphatic carbocycles. The van der Waals surface area contributed by atoms with E-state index in [9.17, 15) is 29.6 Å². The molecular weight excluding hydrogens is 1040 g/mol. The zero-order valence-corrected chi connectivity index (χ0v) is 43.4. The summed E-state index contributed by atoms with van der Waals surface area (Å²) in [5.41, 5.74) is 11.8. The molecule has 10 atom stereocenters. The molecule has 10 N–H and O–H groups in total. The van der Waals surface area contributed by atoms with Gasteiger partial charge in [-0.15, -0.1) is 23.5 Å². The number of aromatic amines is 2. The molecule has 5 unspecified atom stereocenters. The number of nitrogens with one attached hydrogen (secondary N) is 2. The number of nitrogens with two attached hydrogens (primary N) is 2. The normalized spacial score (nSPS) is 29.0. The summed E-state index contributed by atoms with van der Waals surface area (Å²) in [6, 6.07) is 15.3. The Morgan fingerprint density at radius 3 is 1.65 bits per heavy atom. The fourth-order valence-corrected chi connectivity index (χ4v) is 13.9. The molecule has 4 fully saturated rings. The number of imidazole rings is 2. The van der Waals surface area contributed by atoms with Crippen molar-refractivity contribution in [3.63, 3.8) is 0 Å². The molecule has 0 bridgehead atoms. The van der Waals surface area contributed by atoms with E-state index in [0.29, 0.717) is 29.4 Å². The van der Waals surface area contributed by atoms with E-state index in [2.05, 4.69) is 57.6 Å². The molecule has 4 aromatic heterocycles. The van der Waals surface area contributed by atoms with Crippen LogP contribution in [0.3, 0.4) is 0 Å². The van der Waals surface area contributed by atoms with E-state index in [1.807, 2.05) is 48.5 Å². The number of rotatable bonds is 14. The summed E-state index contributed by atoms with van der Waals surface area (Å²) in [4.78, 5) is 71.3. The van der Waals surface area contributed by atoms with Gasteiger partial charge in [0.05, 0.1) is 18.8 Å². The summed E-state index contributed by atoms with van der Waals surface area (Å²) in [5.74, 6) is 1.08. The molecule has 4 aliphatic rings. The monoisotopic (exact) mass is 1090 g/mol. The van der Waals surface area contributed by atoms with E-state index in [4.69, 9.17) is 67.4 Å². The van der Waals surface area contributed by atoms with Gasteiger partial charge in [0.2, 0.25) is 11.9 Å². The fraction of sp³-hybridized carbons (Fsp3) is 0.476. The van der Waals surface area contributed by atoms with Gasteiger partial charge in [0.25, 0.3) is 11.1 Å². The van der Waals surface area contributed by atoms with Crippen LogP contribution in [0.25, 0.3) is 45.1 Å². The molecule has 8 heterocycles. The summed E-state index contributed by atoms with van der Waals surface area (Å²) < 4.78 is 43.2. The maximum Gasteiger partial charge on any atom is 0.325 e. The average molecular weight is 1090 g/mol. The number of fused-ring (bicyclic) bond motifs is 4. The lowest BCUT2D eigenvalue weighted by Gasteiger charge is -2.30. The zero-order valence-electron chi connectivity index (χ0n) is 38.3. The minimum absolute atomic E-state index is 0.000477. The molecule has 0 spiro atoms.